The van der Waals surface area contributed by atoms with Crippen LogP contribution >= 0.6 is 23.2 Å². The van der Waals surface area contributed by atoms with Gasteiger partial charge in [0.25, 0.3) is 0 Å². The molecule has 1 spiro atoms. The van der Waals surface area contributed by atoms with Crippen LogP contribution in [0.3, 0.4) is 0 Å². The first-order chi connectivity index (χ1) is 13.6. The number of rotatable bonds is 6. The van der Waals surface area contributed by atoms with Crippen LogP contribution in [0.15, 0.2) is 42.6 Å². The van der Waals surface area contributed by atoms with Crippen molar-refractivity contribution < 1.29 is 9.47 Å². The molecule has 0 saturated carbocycles. The van der Waals surface area contributed by atoms with Gasteiger partial charge in [-0.2, -0.15) is 0 Å². The molecular formula is C23H27Cl2NO2. The third-order valence-electron chi connectivity index (χ3n) is 6.22. The molecule has 1 aromatic heterocycles. The van der Waals surface area contributed by atoms with Crippen molar-refractivity contribution in [2.45, 2.75) is 56.0 Å². The average Bonchev–Trinajstić information content (AvgIpc) is 3.13. The van der Waals surface area contributed by atoms with Crippen LogP contribution in [0.5, 0.6) is 0 Å². The van der Waals surface area contributed by atoms with Gasteiger partial charge in [-0.25, -0.2) is 0 Å². The SMILES string of the molecule is Clc1cc(Cl)cc(CCCCC2(c3ccccn3)CCOC3(CCOC3)C2)c1. The molecule has 28 heavy (non-hydrogen) atoms. The van der Waals surface area contributed by atoms with Crippen molar-refractivity contribution >= 4 is 23.2 Å². The number of hydrogen-bond acceptors (Lipinski definition) is 3. The molecular weight excluding hydrogens is 393 g/mol. The van der Waals surface area contributed by atoms with Gasteiger partial charge in [0.15, 0.2) is 0 Å². The molecule has 0 bridgehead atoms. The highest BCUT2D eigenvalue weighted by atomic mass is 35.5. The number of nitrogens with zero attached hydrogens (tertiary/aromatic N) is 1. The van der Waals surface area contributed by atoms with Gasteiger partial charge in [-0.1, -0.05) is 35.7 Å². The molecule has 2 unspecified atom stereocenters. The molecule has 150 valence electrons. The molecule has 2 aliphatic heterocycles. The topological polar surface area (TPSA) is 31.4 Å². The first-order valence-corrected chi connectivity index (χ1v) is 10.9. The predicted octanol–water partition coefficient (Wildman–Crippen LogP) is 6.01. The first-order valence-electron chi connectivity index (χ1n) is 10.2. The van der Waals surface area contributed by atoms with Crippen LogP contribution in [0, 0.1) is 0 Å². The Balaban J connectivity index is 1.45. The number of halogens is 2. The molecule has 3 nitrogen and oxygen atoms in total. The maximum absolute atomic E-state index is 6.22. The fourth-order valence-electron chi connectivity index (χ4n) is 4.85. The van der Waals surface area contributed by atoms with Gasteiger partial charge < -0.3 is 9.47 Å². The summed E-state index contributed by atoms with van der Waals surface area (Å²) in [5, 5.41) is 1.42. The van der Waals surface area contributed by atoms with E-state index >= 15 is 0 Å². The molecule has 5 heteroatoms. The van der Waals surface area contributed by atoms with Gasteiger partial charge in [0, 0.05) is 47.0 Å². The van der Waals surface area contributed by atoms with Gasteiger partial charge in [-0.15, -0.1) is 0 Å². The number of aromatic nitrogens is 1. The van der Waals surface area contributed by atoms with E-state index in [1.54, 1.807) is 6.07 Å². The van der Waals surface area contributed by atoms with Gasteiger partial charge in [0.1, 0.15) is 0 Å². The summed E-state index contributed by atoms with van der Waals surface area (Å²) in [5.41, 5.74) is 2.35. The summed E-state index contributed by atoms with van der Waals surface area (Å²) in [6.45, 7) is 2.29. The lowest BCUT2D eigenvalue weighted by Gasteiger charge is -2.45. The van der Waals surface area contributed by atoms with E-state index in [9.17, 15) is 0 Å². The second kappa shape index (κ2) is 8.71. The van der Waals surface area contributed by atoms with E-state index in [0.717, 1.165) is 58.2 Å². The minimum Gasteiger partial charge on any atom is -0.378 e. The number of ether oxygens (including phenoxy) is 2. The van der Waals surface area contributed by atoms with Crippen molar-refractivity contribution in [1.29, 1.82) is 0 Å². The van der Waals surface area contributed by atoms with Crippen molar-refractivity contribution in [3.63, 3.8) is 0 Å². The summed E-state index contributed by atoms with van der Waals surface area (Å²) in [6, 6.07) is 12.1. The van der Waals surface area contributed by atoms with Crippen molar-refractivity contribution in [3.8, 4) is 0 Å². The van der Waals surface area contributed by atoms with Crippen LogP contribution < -0.4 is 0 Å². The second-order valence-electron chi connectivity index (χ2n) is 8.24. The average molecular weight is 420 g/mol. The molecule has 2 fully saturated rings. The number of pyridine rings is 1. The molecule has 2 atom stereocenters. The van der Waals surface area contributed by atoms with Crippen LogP contribution in [0.4, 0.5) is 0 Å². The zero-order valence-corrected chi connectivity index (χ0v) is 17.6. The summed E-state index contributed by atoms with van der Waals surface area (Å²) in [6.07, 6.45) is 9.27. The number of unbranched alkanes of at least 4 members (excludes halogenated alkanes) is 1. The van der Waals surface area contributed by atoms with Gasteiger partial charge in [0.05, 0.1) is 12.2 Å². The standard InChI is InChI=1S/C23H27Cl2NO2/c24-19-13-18(14-20(25)15-19)5-1-3-7-22(21-6-2-4-10-26-21)8-12-28-23(16-22)9-11-27-17-23/h2,4,6,10,13-15H,1,3,5,7-9,11-12,16-17H2. The Morgan fingerprint density at radius 1 is 1.00 bits per heavy atom. The van der Waals surface area contributed by atoms with E-state index < -0.39 is 0 Å². The summed E-state index contributed by atoms with van der Waals surface area (Å²) in [4.78, 5) is 4.76. The van der Waals surface area contributed by atoms with Crippen molar-refractivity contribution in [2.24, 2.45) is 0 Å². The Kier molecular flexibility index (Phi) is 6.27. The molecule has 2 aromatic rings. The Morgan fingerprint density at radius 3 is 2.57 bits per heavy atom. The molecule has 0 radical (unpaired) electrons. The van der Waals surface area contributed by atoms with Crippen LogP contribution in [0.25, 0.3) is 0 Å². The van der Waals surface area contributed by atoms with E-state index in [1.165, 1.54) is 11.3 Å². The molecule has 1 aromatic carbocycles. The van der Waals surface area contributed by atoms with E-state index in [0.29, 0.717) is 16.7 Å². The highest BCUT2D eigenvalue weighted by Gasteiger charge is 2.49. The Bertz CT molecular complexity index is 772. The third-order valence-corrected chi connectivity index (χ3v) is 6.65. The normalized spacial score (nSPS) is 27.4. The van der Waals surface area contributed by atoms with E-state index in [2.05, 4.69) is 12.1 Å². The summed E-state index contributed by atoms with van der Waals surface area (Å²) >= 11 is 12.3. The maximum atomic E-state index is 6.22. The quantitative estimate of drug-likeness (QED) is 0.537. The van der Waals surface area contributed by atoms with E-state index in [4.69, 9.17) is 37.7 Å². The number of hydrogen-bond donors (Lipinski definition) is 0. The molecule has 3 heterocycles. The molecule has 0 amide bonds. The van der Waals surface area contributed by atoms with Gasteiger partial charge in [-0.05, 0) is 68.0 Å². The number of aryl methyl sites for hydroxylation is 1. The highest BCUT2D eigenvalue weighted by Crippen LogP contribution is 2.47. The lowest BCUT2D eigenvalue weighted by Crippen LogP contribution is -2.48. The smallest absolute Gasteiger partial charge is 0.0945 e. The van der Waals surface area contributed by atoms with Crippen LogP contribution in [-0.2, 0) is 21.3 Å². The van der Waals surface area contributed by atoms with Gasteiger partial charge >= 0.3 is 0 Å². The van der Waals surface area contributed by atoms with Gasteiger partial charge in [0.2, 0.25) is 0 Å². The lowest BCUT2D eigenvalue weighted by atomic mass is 9.67. The fourth-order valence-corrected chi connectivity index (χ4v) is 5.42. The van der Waals surface area contributed by atoms with Crippen LogP contribution in [0.2, 0.25) is 10.0 Å². The lowest BCUT2D eigenvalue weighted by molar-refractivity contribution is -0.109. The third kappa shape index (κ3) is 4.54. The zero-order chi connectivity index (χ0) is 19.5. The monoisotopic (exact) mass is 419 g/mol. The summed E-state index contributed by atoms with van der Waals surface area (Å²) in [7, 11) is 0. The van der Waals surface area contributed by atoms with Crippen molar-refractivity contribution in [2.75, 3.05) is 19.8 Å². The second-order valence-corrected chi connectivity index (χ2v) is 9.11. The molecule has 0 aliphatic carbocycles. The highest BCUT2D eigenvalue weighted by molar-refractivity contribution is 6.34. The molecule has 2 saturated heterocycles. The zero-order valence-electron chi connectivity index (χ0n) is 16.1. The van der Waals surface area contributed by atoms with Crippen LogP contribution in [-0.4, -0.2) is 30.4 Å². The minimum atomic E-state index is -0.129. The Morgan fingerprint density at radius 2 is 1.86 bits per heavy atom. The molecule has 4 rings (SSSR count). The van der Waals surface area contributed by atoms with E-state index in [1.807, 2.05) is 24.4 Å². The van der Waals surface area contributed by atoms with Crippen molar-refractivity contribution in [3.05, 3.63) is 63.9 Å². The predicted molar refractivity (Wildman–Crippen MR) is 113 cm³/mol. The molecule has 2 aliphatic rings. The summed E-state index contributed by atoms with van der Waals surface area (Å²) in [5.74, 6) is 0. The summed E-state index contributed by atoms with van der Waals surface area (Å²) < 4.78 is 11.9. The fraction of sp³-hybridized carbons (Fsp3) is 0.522. The minimum absolute atomic E-state index is 0.0686. The Hall–Kier alpha value is -1.13. The largest absolute Gasteiger partial charge is 0.378 e. The number of benzene rings is 1. The van der Waals surface area contributed by atoms with E-state index in [-0.39, 0.29) is 11.0 Å². The van der Waals surface area contributed by atoms with Crippen LogP contribution in [0.1, 0.15) is 49.8 Å². The Labute approximate surface area is 177 Å². The van der Waals surface area contributed by atoms with Crippen molar-refractivity contribution in [1.82, 2.24) is 4.98 Å². The molecule has 0 N–H and O–H groups in total. The maximum Gasteiger partial charge on any atom is 0.0945 e. The first kappa shape index (κ1) is 20.2. The van der Waals surface area contributed by atoms with Gasteiger partial charge in [-0.3, -0.25) is 4.98 Å².